The maximum absolute atomic E-state index is 12.8. The highest BCUT2D eigenvalue weighted by Crippen LogP contribution is 2.29. The molecule has 2 unspecified atom stereocenters. The lowest BCUT2D eigenvalue weighted by atomic mass is 9.96. The number of hydrogen-bond donors (Lipinski definition) is 1. The van der Waals surface area contributed by atoms with E-state index in [1.165, 1.54) is 6.92 Å². The summed E-state index contributed by atoms with van der Waals surface area (Å²) in [5.74, 6) is 5.34. The third-order valence-corrected chi connectivity index (χ3v) is 7.69. The minimum absolute atomic E-state index is 0.0559. The molecule has 9 heteroatoms. The number of sulfone groups is 1. The normalized spacial score (nSPS) is 22.7. The molecule has 1 aromatic rings. The molecule has 0 spiro atoms. The number of rotatable bonds is 7. The highest BCUT2D eigenvalue weighted by atomic mass is 32.2. The van der Waals surface area contributed by atoms with Crippen LogP contribution in [0.1, 0.15) is 63.5 Å². The highest BCUT2D eigenvalue weighted by Gasteiger charge is 2.47. The fourth-order valence-electron chi connectivity index (χ4n) is 3.52. The first-order valence-corrected chi connectivity index (χ1v) is 12.7. The number of ether oxygens (including phenoxy) is 1. The van der Waals surface area contributed by atoms with Gasteiger partial charge in [0.25, 0.3) is 5.91 Å². The van der Waals surface area contributed by atoms with Crippen LogP contribution >= 0.6 is 0 Å². The van der Waals surface area contributed by atoms with Gasteiger partial charge in [-0.05, 0) is 37.5 Å². The molecule has 32 heavy (non-hydrogen) atoms. The van der Waals surface area contributed by atoms with Crippen molar-refractivity contribution in [3.8, 4) is 11.8 Å². The van der Waals surface area contributed by atoms with Crippen molar-refractivity contribution in [2.24, 2.45) is 5.16 Å². The number of nitrogens with one attached hydrogen (secondary N) is 1. The summed E-state index contributed by atoms with van der Waals surface area (Å²) in [4.78, 5) is 23.7. The molecule has 0 radical (unpaired) electrons. The van der Waals surface area contributed by atoms with E-state index in [0.717, 1.165) is 36.6 Å². The Morgan fingerprint density at radius 3 is 2.69 bits per heavy atom. The number of oxime groups is 1. The molecule has 8 nitrogen and oxygen atoms in total. The second-order valence-electron chi connectivity index (χ2n) is 8.25. The Morgan fingerprint density at radius 2 is 2.06 bits per heavy atom. The van der Waals surface area contributed by atoms with Gasteiger partial charge >= 0.3 is 0 Å². The van der Waals surface area contributed by atoms with Crippen LogP contribution in [-0.2, 0) is 29.0 Å². The van der Waals surface area contributed by atoms with Crippen LogP contribution in [0.5, 0.6) is 0 Å². The van der Waals surface area contributed by atoms with Crippen molar-refractivity contribution in [3.05, 3.63) is 35.4 Å². The van der Waals surface area contributed by atoms with E-state index >= 15 is 0 Å². The van der Waals surface area contributed by atoms with Crippen LogP contribution in [0.15, 0.2) is 29.4 Å². The Labute approximate surface area is 189 Å². The lowest BCUT2D eigenvalue weighted by Gasteiger charge is -2.29. The topological polar surface area (TPSA) is 103 Å². The standard InChI is InChI=1S/C23H30N2O6S/c1-4-5-8-17-10-12-18(13-11-17)20-15-19(30-24-20)16-23(2,32(3,27)28)22(26)25-31-21-9-6-7-14-29-21/h10-13,19,21H,4,6-7,9,14-16H2,1-3H3,(H,25,26)/t19-,21?,23?/m0/s1. The van der Waals surface area contributed by atoms with Gasteiger partial charge in [0.2, 0.25) is 0 Å². The smallest absolute Gasteiger partial charge is 0.264 e. The quantitative estimate of drug-likeness (QED) is 0.494. The van der Waals surface area contributed by atoms with Crippen molar-refractivity contribution in [1.82, 2.24) is 5.48 Å². The molecule has 0 bridgehead atoms. The summed E-state index contributed by atoms with van der Waals surface area (Å²) < 4.78 is 28.8. The van der Waals surface area contributed by atoms with Crippen molar-refractivity contribution in [3.63, 3.8) is 0 Å². The predicted molar refractivity (Wildman–Crippen MR) is 120 cm³/mol. The Balaban J connectivity index is 1.63. The number of benzene rings is 1. The zero-order valence-electron chi connectivity index (χ0n) is 18.7. The van der Waals surface area contributed by atoms with Crippen LogP contribution in [0.2, 0.25) is 0 Å². The Kier molecular flexibility index (Phi) is 7.93. The number of carbonyl (C=O) groups excluding carboxylic acids is 1. The maximum Gasteiger partial charge on any atom is 0.264 e. The lowest BCUT2D eigenvalue weighted by molar-refractivity contribution is -0.201. The molecular formula is C23H30N2O6S. The van der Waals surface area contributed by atoms with E-state index in [1.807, 2.05) is 31.2 Å². The van der Waals surface area contributed by atoms with Gasteiger partial charge in [-0.3, -0.25) is 4.79 Å². The summed E-state index contributed by atoms with van der Waals surface area (Å²) in [6.07, 6.45) is 3.54. The van der Waals surface area contributed by atoms with E-state index in [0.29, 0.717) is 25.2 Å². The third-order valence-electron chi connectivity index (χ3n) is 5.70. The number of amides is 1. The summed E-state index contributed by atoms with van der Waals surface area (Å²) in [6.45, 7) is 3.92. The average molecular weight is 463 g/mol. The molecule has 3 atom stereocenters. The molecule has 2 aliphatic rings. The van der Waals surface area contributed by atoms with E-state index in [-0.39, 0.29) is 6.42 Å². The fourth-order valence-corrected chi connectivity index (χ4v) is 4.39. The largest absolute Gasteiger partial charge is 0.392 e. The summed E-state index contributed by atoms with van der Waals surface area (Å²) in [5.41, 5.74) is 4.78. The van der Waals surface area contributed by atoms with E-state index in [2.05, 4.69) is 22.5 Å². The van der Waals surface area contributed by atoms with Crippen molar-refractivity contribution >= 4 is 21.5 Å². The maximum atomic E-state index is 12.8. The number of nitrogens with zero attached hydrogens (tertiary/aromatic N) is 1. The predicted octanol–water partition coefficient (Wildman–Crippen LogP) is 2.71. The number of hydrogen-bond acceptors (Lipinski definition) is 7. The fraction of sp³-hybridized carbons (Fsp3) is 0.565. The van der Waals surface area contributed by atoms with Gasteiger partial charge in [-0.2, -0.15) is 0 Å². The van der Waals surface area contributed by atoms with E-state index in [1.54, 1.807) is 0 Å². The van der Waals surface area contributed by atoms with Crippen molar-refractivity contribution in [2.45, 2.75) is 69.5 Å². The summed E-state index contributed by atoms with van der Waals surface area (Å²) in [6, 6.07) is 7.63. The van der Waals surface area contributed by atoms with Crippen molar-refractivity contribution in [2.75, 3.05) is 12.9 Å². The van der Waals surface area contributed by atoms with Crippen LogP contribution in [0.3, 0.4) is 0 Å². The zero-order chi connectivity index (χ0) is 23.2. The molecule has 0 saturated carbocycles. The molecule has 3 rings (SSSR count). The first-order chi connectivity index (χ1) is 15.2. The van der Waals surface area contributed by atoms with E-state index in [9.17, 15) is 13.2 Å². The molecule has 174 valence electrons. The van der Waals surface area contributed by atoms with Crippen LogP contribution in [0.4, 0.5) is 0 Å². The average Bonchev–Trinajstić information content (AvgIpc) is 3.24. The van der Waals surface area contributed by atoms with E-state index < -0.39 is 32.9 Å². The van der Waals surface area contributed by atoms with Crippen LogP contribution < -0.4 is 5.48 Å². The molecule has 1 aromatic carbocycles. The van der Waals surface area contributed by atoms with Crippen molar-refractivity contribution < 1.29 is 27.6 Å². The second kappa shape index (κ2) is 10.5. The molecule has 1 fully saturated rings. The van der Waals surface area contributed by atoms with Gasteiger partial charge in [0, 0.05) is 44.1 Å². The van der Waals surface area contributed by atoms with Gasteiger partial charge in [-0.1, -0.05) is 36.1 Å². The molecule has 1 saturated heterocycles. The lowest BCUT2D eigenvalue weighted by Crippen LogP contribution is -2.52. The molecule has 2 aliphatic heterocycles. The first kappa shape index (κ1) is 24.2. The molecule has 1 N–H and O–H groups in total. The molecule has 0 aromatic heterocycles. The molecular weight excluding hydrogens is 432 g/mol. The van der Waals surface area contributed by atoms with Gasteiger partial charge in [0.15, 0.2) is 20.9 Å². The Morgan fingerprint density at radius 1 is 1.31 bits per heavy atom. The zero-order valence-corrected chi connectivity index (χ0v) is 19.5. The summed E-state index contributed by atoms with van der Waals surface area (Å²) in [5, 5.41) is 4.13. The highest BCUT2D eigenvalue weighted by molar-refractivity contribution is 7.92. The van der Waals surface area contributed by atoms with Gasteiger partial charge < -0.3 is 9.57 Å². The van der Waals surface area contributed by atoms with Gasteiger partial charge in [-0.15, -0.1) is 0 Å². The minimum atomic E-state index is -3.78. The van der Waals surface area contributed by atoms with Gasteiger partial charge in [0.1, 0.15) is 6.10 Å². The van der Waals surface area contributed by atoms with Crippen molar-refractivity contribution in [1.29, 1.82) is 0 Å². The third kappa shape index (κ3) is 5.88. The van der Waals surface area contributed by atoms with Crippen LogP contribution in [-0.4, -0.2) is 50.0 Å². The summed E-state index contributed by atoms with van der Waals surface area (Å²) >= 11 is 0. The number of hydroxylamine groups is 1. The van der Waals surface area contributed by atoms with Gasteiger partial charge in [0.05, 0.1) is 5.71 Å². The first-order valence-electron chi connectivity index (χ1n) is 10.8. The van der Waals surface area contributed by atoms with E-state index in [4.69, 9.17) is 14.4 Å². The summed E-state index contributed by atoms with van der Waals surface area (Å²) in [7, 11) is -3.78. The molecule has 2 heterocycles. The van der Waals surface area contributed by atoms with Gasteiger partial charge in [-0.25, -0.2) is 18.7 Å². The molecule has 0 aliphatic carbocycles. The Hall–Kier alpha value is -2.41. The van der Waals surface area contributed by atoms with Crippen LogP contribution in [0, 0.1) is 11.8 Å². The second-order valence-corrected chi connectivity index (χ2v) is 10.7. The SMILES string of the molecule is CCC#Cc1ccc(C2=NO[C@H](CC(C)(C(=O)NOC3CCCCO3)S(C)(=O)=O)C2)cc1. The molecule has 1 amide bonds. The van der Waals surface area contributed by atoms with Crippen LogP contribution in [0.25, 0.3) is 0 Å². The Bertz CT molecular complexity index is 1000. The number of carbonyl (C=O) groups is 1. The monoisotopic (exact) mass is 462 g/mol. The minimum Gasteiger partial charge on any atom is -0.392 e.